The fraction of sp³-hybridized carbons (Fsp3) is 0.308. The van der Waals surface area contributed by atoms with Crippen molar-refractivity contribution in [1.29, 1.82) is 0 Å². The van der Waals surface area contributed by atoms with E-state index >= 15 is 0 Å². The molecule has 5 nitrogen and oxygen atoms in total. The normalized spacial score (nSPS) is 12.2. The molecule has 1 heterocycles. The topological polar surface area (TPSA) is 62.3 Å². The summed E-state index contributed by atoms with van der Waals surface area (Å²) in [4.78, 5) is 0. The zero-order valence-electron chi connectivity index (χ0n) is 10.5. The zero-order chi connectivity index (χ0) is 13.0. The molecule has 2 rings (SSSR count). The van der Waals surface area contributed by atoms with Crippen molar-refractivity contribution in [3.05, 3.63) is 36.7 Å². The maximum atomic E-state index is 5.62. The lowest BCUT2D eigenvalue weighted by molar-refractivity contribution is 0.296. The van der Waals surface area contributed by atoms with Gasteiger partial charge >= 0.3 is 0 Å². The largest absolute Gasteiger partial charge is 0.497 e. The summed E-state index contributed by atoms with van der Waals surface area (Å²) >= 11 is 0. The second kappa shape index (κ2) is 5.55. The first-order valence-corrected chi connectivity index (χ1v) is 5.76. The molecule has 1 unspecified atom stereocenters. The smallest absolute Gasteiger partial charge is 0.157 e. The van der Waals surface area contributed by atoms with Crippen LogP contribution in [0.3, 0.4) is 0 Å². The molecule has 2 N–H and O–H groups in total. The van der Waals surface area contributed by atoms with Crippen LogP contribution in [0, 0.1) is 0 Å². The maximum absolute atomic E-state index is 5.62. The van der Waals surface area contributed by atoms with Gasteiger partial charge in [-0.15, -0.1) is 0 Å². The van der Waals surface area contributed by atoms with Gasteiger partial charge in [0.15, 0.2) is 5.75 Å². The molecule has 0 radical (unpaired) electrons. The molecule has 0 fully saturated rings. The number of nitrogens with zero attached hydrogens (tertiary/aromatic N) is 2. The molecule has 1 atom stereocenters. The van der Waals surface area contributed by atoms with E-state index in [0.717, 1.165) is 11.4 Å². The van der Waals surface area contributed by atoms with Crippen LogP contribution >= 0.6 is 0 Å². The fourth-order valence-corrected chi connectivity index (χ4v) is 1.48. The molecule has 0 aliphatic carbocycles. The van der Waals surface area contributed by atoms with Crippen LogP contribution < -0.4 is 15.2 Å². The molecule has 2 aromatic rings. The molecule has 5 heteroatoms. The van der Waals surface area contributed by atoms with Crippen molar-refractivity contribution in [3.63, 3.8) is 0 Å². The predicted molar refractivity (Wildman–Crippen MR) is 69.3 cm³/mol. The van der Waals surface area contributed by atoms with Crippen LogP contribution in [0.25, 0.3) is 5.69 Å². The molecular weight excluding hydrogens is 230 g/mol. The molecule has 0 saturated heterocycles. The molecule has 1 aromatic carbocycles. The highest BCUT2D eigenvalue weighted by molar-refractivity contribution is 5.37. The molecule has 0 aliphatic heterocycles. The standard InChI is InChI=1S/C13H17N3O2/c1-10(14)9-18-13-7-15-16(8-13)11-3-5-12(17-2)6-4-11/h3-8,10H,9,14H2,1-2H3. The first kappa shape index (κ1) is 12.4. The van der Waals surface area contributed by atoms with Crippen LogP contribution in [0.1, 0.15) is 6.92 Å². The van der Waals surface area contributed by atoms with Gasteiger partial charge in [-0.05, 0) is 31.2 Å². The Morgan fingerprint density at radius 2 is 2.00 bits per heavy atom. The van der Waals surface area contributed by atoms with Crippen molar-refractivity contribution in [2.45, 2.75) is 13.0 Å². The lowest BCUT2D eigenvalue weighted by atomic mass is 10.3. The third kappa shape index (κ3) is 3.01. The molecule has 0 saturated carbocycles. The second-order valence-electron chi connectivity index (χ2n) is 4.11. The monoisotopic (exact) mass is 247 g/mol. The van der Waals surface area contributed by atoms with Gasteiger partial charge in [0.25, 0.3) is 0 Å². The van der Waals surface area contributed by atoms with Gasteiger partial charge < -0.3 is 15.2 Å². The number of nitrogens with two attached hydrogens (primary N) is 1. The lowest BCUT2D eigenvalue weighted by Gasteiger charge is -2.05. The Hall–Kier alpha value is -2.01. The Kier molecular flexibility index (Phi) is 3.84. The van der Waals surface area contributed by atoms with Crippen LogP contribution in [0.5, 0.6) is 11.5 Å². The van der Waals surface area contributed by atoms with Crippen LogP contribution in [0.4, 0.5) is 0 Å². The Balaban J connectivity index is 2.08. The van der Waals surface area contributed by atoms with E-state index in [2.05, 4.69) is 5.10 Å². The van der Waals surface area contributed by atoms with Crippen molar-refractivity contribution >= 4 is 0 Å². The minimum Gasteiger partial charge on any atom is -0.497 e. The van der Waals surface area contributed by atoms with Crippen LogP contribution in [-0.2, 0) is 0 Å². The van der Waals surface area contributed by atoms with Gasteiger partial charge in [-0.1, -0.05) is 0 Å². The predicted octanol–water partition coefficient (Wildman–Crippen LogP) is 1.61. The number of benzene rings is 1. The van der Waals surface area contributed by atoms with Crippen LogP contribution in [-0.4, -0.2) is 29.5 Å². The fourth-order valence-electron chi connectivity index (χ4n) is 1.48. The zero-order valence-corrected chi connectivity index (χ0v) is 10.5. The average Bonchev–Trinajstić information content (AvgIpc) is 2.85. The first-order valence-electron chi connectivity index (χ1n) is 5.76. The molecular formula is C13H17N3O2. The summed E-state index contributed by atoms with van der Waals surface area (Å²) in [5, 5.41) is 4.23. The Bertz CT molecular complexity index is 491. The van der Waals surface area contributed by atoms with Crippen molar-refractivity contribution in [2.24, 2.45) is 5.73 Å². The van der Waals surface area contributed by atoms with Gasteiger partial charge in [-0.25, -0.2) is 4.68 Å². The van der Waals surface area contributed by atoms with E-state index in [1.165, 1.54) is 0 Å². The molecule has 1 aromatic heterocycles. The van der Waals surface area contributed by atoms with Crippen molar-refractivity contribution in [1.82, 2.24) is 9.78 Å². The highest BCUT2D eigenvalue weighted by atomic mass is 16.5. The van der Waals surface area contributed by atoms with Crippen molar-refractivity contribution < 1.29 is 9.47 Å². The minimum atomic E-state index is 0.00864. The highest BCUT2D eigenvalue weighted by Gasteiger charge is 2.03. The van der Waals surface area contributed by atoms with E-state index in [-0.39, 0.29) is 6.04 Å². The number of hydrogen-bond donors (Lipinski definition) is 1. The summed E-state index contributed by atoms with van der Waals surface area (Å²) in [6, 6.07) is 7.65. The van der Waals surface area contributed by atoms with Crippen molar-refractivity contribution in [3.8, 4) is 17.2 Å². The van der Waals surface area contributed by atoms with Gasteiger partial charge in [0.2, 0.25) is 0 Å². The van der Waals surface area contributed by atoms with Crippen molar-refractivity contribution in [2.75, 3.05) is 13.7 Å². The SMILES string of the molecule is COc1ccc(-n2cc(OCC(C)N)cn2)cc1. The van der Waals surface area contributed by atoms with E-state index < -0.39 is 0 Å². The van der Waals surface area contributed by atoms with E-state index in [4.69, 9.17) is 15.2 Å². The number of ether oxygens (including phenoxy) is 2. The average molecular weight is 247 g/mol. The lowest BCUT2D eigenvalue weighted by Crippen LogP contribution is -2.23. The summed E-state index contributed by atoms with van der Waals surface area (Å²) < 4.78 is 12.3. The number of hydrogen-bond acceptors (Lipinski definition) is 4. The molecule has 0 spiro atoms. The quantitative estimate of drug-likeness (QED) is 0.871. The van der Waals surface area contributed by atoms with Gasteiger partial charge in [-0.2, -0.15) is 5.10 Å². The van der Waals surface area contributed by atoms with E-state index in [1.54, 1.807) is 18.0 Å². The second-order valence-corrected chi connectivity index (χ2v) is 4.11. The van der Waals surface area contributed by atoms with Gasteiger partial charge in [0.05, 0.1) is 25.2 Å². The Morgan fingerprint density at radius 3 is 2.61 bits per heavy atom. The van der Waals surface area contributed by atoms with E-state index in [1.807, 2.05) is 37.4 Å². The van der Waals surface area contributed by atoms with Gasteiger partial charge in [0.1, 0.15) is 12.4 Å². The summed E-state index contributed by atoms with van der Waals surface area (Å²) in [6.45, 7) is 2.38. The number of methoxy groups -OCH3 is 1. The van der Waals surface area contributed by atoms with E-state index in [0.29, 0.717) is 12.4 Å². The molecule has 0 bridgehead atoms. The third-order valence-electron chi connectivity index (χ3n) is 2.41. The summed E-state index contributed by atoms with van der Waals surface area (Å²) in [5.41, 5.74) is 6.57. The third-order valence-corrected chi connectivity index (χ3v) is 2.41. The summed E-state index contributed by atoms with van der Waals surface area (Å²) in [7, 11) is 1.64. The minimum absolute atomic E-state index is 0.00864. The van der Waals surface area contributed by atoms with Gasteiger partial charge in [-0.3, -0.25) is 0 Å². The van der Waals surface area contributed by atoms with Crippen LogP contribution in [0.2, 0.25) is 0 Å². The molecule has 0 aliphatic rings. The van der Waals surface area contributed by atoms with Gasteiger partial charge in [0, 0.05) is 6.04 Å². The molecule has 0 amide bonds. The molecule has 18 heavy (non-hydrogen) atoms. The number of rotatable bonds is 5. The van der Waals surface area contributed by atoms with E-state index in [9.17, 15) is 0 Å². The maximum Gasteiger partial charge on any atom is 0.157 e. The van der Waals surface area contributed by atoms with Crippen LogP contribution in [0.15, 0.2) is 36.7 Å². The first-order chi connectivity index (χ1) is 8.69. The molecule has 96 valence electrons. The summed E-state index contributed by atoms with van der Waals surface area (Å²) in [6.07, 6.45) is 3.50. The highest BCUT2D eigenvalue weighted by Crippen LogP contribution is 2.17. The Morgan fingerprint density at radius 1 is 1.28 bits per heavy atom. The number of aromatic nitrogens is 2. The summed E-state index contributed by atoms with van der Waals surface area (Å²) in [5.74, 6) is 1.53. The Labute approximate surface area is 106 Å².